The number of hydrogen-bond acceptors (Lipinski definition) is 6. The largest absolute Gasteiger partial charge is 0.459 e. The molecule has 0 spiro atoms. The molecule has 1 aliphatic heterocycles. The van der Waals surface area contributed by atoms with Gasteiger partial charge in [-0.1, -0.05) is 48.5 Å². The molecule has 0 atom stereocenters. The minimum atomic E-state index is -0.534. The highest BCUT2D eigenvalue weighted by atomic mass is 16.6. The quantitative estimate of drug-likeness (QED) is 0.389. The molecule has 6 nitrogen and oxygen atoms in total. The van der Waals surface area contributed by atoms with Gasteiger partial charge in [-0.05, 0) is 25.0 Å². The summed E-state index contributed by atoms with van der Waals surface area (Å²) in [6, 6.07) is 17.5. The Kier molecular flexibility index (Phi) is 7.05. The van der Waals surface area contributed by atoms with E-state index in [9.17, 15) is 14.4 Å². The molecule has 6 heteroatoms. The van der Waals surface area contributed by atoms with Gasteiger partial charge in [-0.25, -0.2) is 9.59 Å². The standard InChI is InChI=1S/C23H21NO5/c25-21(17-8-3-1-4-9-17)16-20-19(12-7-13-24-20)23(27)29-15-14-28-22(26)18-10-5-2-6-11-18/h1-6,8-11,13H,7,12,14-16H2. The van der Waals surface area contributed by atoms with Gasteiger partial charge in [0.05, 0.1) is 23.3 Å². The highest BCUT2D eigenvalue weighted by Gasteiger charge is 2.21. The summed E-state index contributed by atoms with van der Waals surface area (Å²) < 4.78 is 10.3. The fourth-order valence-electron chi connectivity index (χ4n) is 2.87. The lowest BCUT2D eigenvalue weighted by molar-refractivity contribution is -0.140. The number of esters is 2. The Labute approximate surface area is 168 Å². The number of aliphatic imine (C=N–C) groups is 1. The molecule has 0 amide bonds. The van der Waals surface area contributed by atoms with E-state index in [2.05, 4.69) is 4.99 Å². The van der Waals surface area contributed by atoms with E-state index in [0.717, 1.165) is 0 Å². The van der Waals surface area contributed by atoms with Crippen LogP contribution in [0.4, 0.5) is 0 Å². The first-order valence-corrected chi connectivity index (χ1v) is 9.37. The van der Waals surface area contributed by atoms with E-state index in [-0.39, 0.29) is 25.4 Å². The maximum atomic E-state index is 12.4. The molecule has 148 valence electrons. The molecule has 0 saturated heterocycles. The Morgan fingerprint density at radius 2 is 1.38 bits per heavy atom. The maximum absolute atomic E-state index is 12.4. The third-order valence-electron chi connectivity index (χ3n) is 4.35. The van der Waals surface area contributed by atoms with Gasteiger partial charge in [0.1, 0.15) is 13.2 Å². The van der Waals surface area contributed by atoms with Crippen LogP contribution in [-0.2, 0) is 14.3 Å². The van der Waals surface area contributed by atoms with E-state index in [1.165, 1.54) is 0 Å². The first-order chi connectivity index (χ1) is 14.1. The van der Waals surface area contributed by atoms with Crippen molar-refractivity contribution < 1.29 is 23.9 Å². The average Bonchev–Trinajstić information content (AvgIpc) is 2.78. The van der Waals surface area contributed by atoms with Crippen molar-refractivity contribution in [3.05, 3.63) is 83.1 Å². The average molecular weight is 391 g/mol. The van der Waals surface area contributed by atoms with Gasteiger partial charge in [-0.2, -0.15) is 0 Å². The summed E-state index contributed by atoms with van der Waals surface area (Å²) in [5.41, 5.74) is 1.83. The molecule has 0 unspecified atom stereocenters. The van der Waals surface area contributed by atoms with Crippen LogP contribution in [0.15, 0.2) is 76.9 Å². The van der Waals surface area contributed by atoms with E-state index in [0.29, 0.717) is 35.2 Å². The molecule has 1 heterocycles. The minimum Gasteiger partial charge on any atom is -0.459 e. The topological polar surface area (TPSA) is 82.0 Å². The van der Waals surface area contributed by atoms with Gasteiger partial charge in [0.25, 0.3) is 0 Å². The second-order valence-electron chi connectivity index (χ2n) is 6.38. The van der Waals surface area contributed by atoms with Crippen molar-refractivity contribution in [3.8, 4) is 0 Å². The summed E-state index contributed by atoms with van der Waals surface area (Å²) in [5, 5.41) is 0. The molecule has 1 aliphatic rings. The molecular weight excluding hydrogens is 370 g/mol. The normalized spacial score (nSPS) is 13.1. The Hall–Kier alpha value is -3.54. The summed E-state index contributed by atoms with van der Waals surface area (Å²) in [6.07, 6.45) is 2.81. The molecule has 0 radical (unpaired) electrons. The van der Waals surface area contributed by atoms with Crippen LogP contribution in [-0.4, -0.2) is 37.2 Å². The monoisotopic (exact) mass is 391 g/mol. The molecule has 0 fully saturated rings. The highest BCUT2D eigenvalue weighted by molar-refractivity contribution is 5.99. The molecule has 0 N–H and O–H groups in total. The summed E-state index contributed by atoms with van der Waals surface area (Å²) in [4.78, 5) is 41.0. The Bertz CT molecular complexity index is 932. The van der Waals surface area contributed by atoms with E-state index in [1.807, 2.05) is 6.07 Å². The molecule has 0 aliphatic carbocycles. The van der Waals surface area contributed by atoms with Gasteiger partial charge in [-0.3, -0.25) is 9.79 Å². The maximum Gasteiger partial charge on any atom is 0.338 e. The number of carbonyl (C=O) groups is 3. The van der Waals surface area contributed by atoms with Crippen molar-refractivity contribution in [1.82, 2.24) is 0 Å². The van der Waals surface area contributed by atoms with Gasteiger partial charge in [0.2, 0.25) is 0 Å². The third kappa shape index (κ3) is 5.72. The molecule has 0 bridgehead atoms. The summed E-state index contributed by atoms with van der Waals surface area (Å²) >= 11 is 0. The summed E-state index contributed by atoms with van der Waals surface area (Å²) in [6.45, 7) is -0.112. The fourth-order valence-corrected chi connectivity index (χ4v) is 2.87. The van der Waals surface area contributed by atoms with Crippen LogP contribution < -0.4 is 0 Å². The van der Waals surface area contributed by atoms with Gasteiger partial charge < -0.3 is 9.47 Å². The number of ether oxygens (including phenoxy) is 2. The predicted molar refractivity (Wildman–Crippen MR) is 108 cm³/mol. The number of hydrogen-bond donors (Lipinski definition) is 0. The van der Waals surface area contributed by atoms with Crippen molar-refractivity contribution >= 4 is 23.9 Å². The Morgan fingerprint density at radius 1 is 0.793 bits per heavy atom. The van der Waals surface area contributed by atoms with Crippen molar-refractivity contribution in [1.29, 1.82) is 0 Å². The van der Waals surface area contributed by atoms with Crippen LogP contribution in [0, 0.1) is 0 Å². The molecule has 2 aromatic carbocycles. The zero-order valence-corrected chi connectivity index (χ0v) is 15.9. The molecule has 29 heavy (non-hydrogen) atoms. The highest BCUT2D eigenvalue weighted by Crippen LogP contribution is 2.22. The van der Waals surface area contributed by atoms with E-state index in [4.69, 9.17) is 9.47 Å². The molecule has 0 aromatic heterocycles. The van der Waals surface area contributed by atoms with Crippen LogP contribution in [0.1, 0.15) is 40.0 Å². The lowest BCUT2D eigenvalue weighted by atomic mass is 10.00. The van der Waals surface area contributed by atoms with Gasteiger partial charge >= 0.3 is 11.9 Å². The van der Waals surface area contributed by atoms with Gasteiger partial charge in [0.15, 0.2) is 5.78 Å². The Balaban J connectivity index is 1.54. The number of carbonyl (C=O) groups excluding carboxylic acids is 3. The lowest BCUT2D eigenvalue weighted by Crippen LogP contribution is -2.18. The van der Waals surface area contributed by atoms with Crippen molar-refractivity contribution in [2.24, 2.45) is 4.99 Å². The van der Waals surface area contributed by atoms with Crippen LogP contribution in [0.25, 0.3) is 0 Å². The second kappa shape index (κ2) is 10.1. The van der Waals surface area contributed by atoms with Crippen LogP contribution in [0.5, 0.6) is 0 Å². The number of Topliss-reactive ketones (excluding diaryl/α,β-unsaturated/α-hetero) is 1. The van der Waals surface area contributed by atoms with Crippen LogP contribution in [0.3, 0.4) is 0 Å². The summed E-state index contributed by atoms with van der Waals surface area (Å²) in [7, 11) is 0. The molecule has 0 saturated carbocycles. The zero-order valence-electron chi connectivity index (χ0n) is 15.9. The molecule has 2 aromatic rings. The van der Waals surface area contributed by atoms with Crippen molar-refractivity contribution in [2.45, 2.75) is 19.3 Å². The lowest BCUT2D eigenvalue weighted by Gasteiger charge is -2.14. The first-order valence-electron chi connectivity index (χ1n) is 9.37. The van der Waals surface area contributed by atoms with E-state index >= 15 is 0 Å². The van der Waals surface area contributed by atoms with Crippen molar-refractivity contribution in [3.63, 3.8) is 0 Å². The number of benzene rings is 2. The molecule has 3 rings (SSSR count). The third-order valence-corrected chi connectivity index (χ3v) is 4.35. The smallest absolute Gasteiger partial charge is 0.338 e. The van der Waals surface area contributed by atoms with Crippen molar-refractivity contribution in [2.75, 3.05) is 13.2 Å². The van der Waals surface area contributed by atoms with E-state index in [1.54, 1.807) is 60.8 Å². The van der Waals surface area contributed by atoms with Crippen LogP contribution in [0.2, 0.25) is 0 Å². The second-order valence-corrected chi connectivity index (χ2v) is 6.38. The first kappa shape index (κ1) is 20.2. The minimum absolute atomic E-state index is 0.0357. The van der Waals surface area contributed by atoms with Gasteiger partial charge in [0, 0.05) is 11.8 Å². The van der Waals surface area contributed by atoms with E-state index < -0.39 is 11.9 Å². The number of allylic oxidation sites excluding steroid dienone is 1. The predicted octanol–water partition coefficient (Wildman–Crippen LogP) is 3.78. The van der Waals surface area contributed by atoms with Gasteiger partial charge in [-0.15, -0.1) is 0 Å². The fraction of sp³-hybridized carbons (Fsp3) is 0.217. The van der Waals surface area contributed by atoms with Crippen LogP contribution >= 0.6 is 0 Å². The zero-order chi connectivity index (χ0) is 20.5. The number of rotatable bonds is 8. The number of nitrogens with zero attached hydrogens (tertiary/aromatic N) is 1. The molecular formula is C23H21NO5. The summed E-state index contributed by atoms with van der Waals surface area (Å²) in [5.74, 6) is -1.12. The Morgan fingerprint density at radius 3 is 2.03 bits per heavy atom. The SMILES string of the molecule is O=C(OCCOC(=O)c1ccccc1)C1=C(CC(=O)c2ccccc2)N=CCC1. The number of ketones is 1.